The Kier molecular flexibility index (Phi) is 4.78. The summed E-state index contributed by atoms with van der Waals surface area (Å²) in [6.07, 6.45) is 4.39. The van der Waals surface area contributed by atoms with Gasteiger partial charge in [-0.05, 0) is 30.9 Å². The van der Waals surface area contributed by atoms with Crippen molar-refractivity contribution in [3.05, 3.63) is 35.4 Å². The van der Waals surface area contributed by atoms with Crippen LogP contribution >= 0.6 is 0 Å². The molecule has 0 aliphatic heterocycles. The quantitative estimate of drug-likeness (QED) is 0.746. The molecule has 1 aliphatic rings. The van der Waals surface area contributed by atoms with Crippen LogP contribution in [0.4, 0.5) is 0 Å². The van der Waals surface area contributed by atoms with Crippen molar-refractivity contribution >= 4 is 5.97 Å². The molecule has 1 atom stereocenters. The predicted octanol–water partition coefficient (Wildman–Crippen LogP) is 2.27. The Morgan fingerprint density at radius 2 is 1.90 bits per heavy atom. The Balaban J connectivity index is 1.95. The van der Waals surface area contributed by atoms with Gasteiger partial charge in [-0.25, -0.2) is 0 Å². The molecule has 0 saturated heterocycles. The van der Waals surface area contributed by atoms with Crippen molar-refractivity contribution in [2.75, 3.05) is 6.61 Å². The van der Waals surface area contributed by atoms with E-state index in [1.54, 1.807) is 6.92 Å². The minimum atomic E-state index is -0.805. The third-order valence-corrected chi connectivity index (χ3v) is 4.38. The van der Waals surface area contributed by atoms with Crippen LogP contribution < -0.4 is 5.32 Å². The second-order valence-corrected chi connectivity index (χ2v) is 5.80. The molecule has 4 nitrogen and oxygen atoms in total. The van der Waals surface area contributed by atoms with Crippen LogP contribution in [0.3, 0.4) is 0 Å². The lowest BCUT2D eigenvalue weighted by atomic mass is 9.97. The van der Waals surface area contributed by atoms with Gasteiger partial charge < -0.3 is 15.5 Å². The molecule has 1 aromatic carbocycles. The maximum Gasteiger partial charge on any atom is 0.310 e. The summed E-state index contributed by atoms with van der Waals surface area (Å²) in [6, 6.07) is 7.66. The Bertz CT molecular complexity index is 449. The Morgan fingerprint density at radius 3 is 2.40 bits per heavy atom. The van der Waals surface area contributed by atoms with Crippen LogP contribution in [0.1, 0.15) is 49.7 Å². The van der Waals surface area contributed by atoms with Crippen LogP contribution in [0.2, 0.25) is 0 Å². The number of aliphatic carboxylic acids is 1. The molecule has 20 heavy (non-hydrogen) atoms. The molecule has 0 heterocycles. The monoisotopic (exact) mass is 277 g/mol. The molecule has 3 N–H and O–H groups in total. The van der Waals surface area contributed by atoms with Crippen molar-refractivity contribution in [2.24, 2.45) is 0 Å². The second-order valence-electron chi connectivity index (χ2n) is 5.80. The van der Waals surface area contributed by atoms with Gasteiger partial charge in [0.2, 0.25) is 0 Å². The van der Waals surface area contributed by atoms with E-state index in [9.17, 15) is 9.90 Å². The first kappa shape index (κ1) is 15.0. The summed E-state index contributed by atoms with van der Waals surface area (Å²) in [7, 11) is 0. The van der Waals surface area contributed by atoms with Gasteiger partial charge in [0.1, 0.15) is 0 Å². The highest BCUT2D eigenvalue weighted by atomic mass is 16.4. The number of carbonyl (C=O) groups is 1. The standard InChI is InChI=1S/C16H23NO3/c1-12(15(19)20)14-6-4-13(5-7-14)10-17-16(11-18)8-2-3-9-16/h4-7,12,17-18H,2-3,8-11H2,1H3,(H,19,20). The van der Waals surface area contributed by atoms with Crippen LogP contribution in [-0.4, -0.2) is 28.3 Å². The van der Waals surface area contributed by atoms with Crippen LogP contribution in [0.25, 0.3) is 0 Å². The van der Waals surface area contributed by atoms with Gasteiger partial charge in [-0.1, -0.05) is 37.1 Å². The number of carboxylic acid groups (broad SMARTS) is 1. The summed E-state index contributed by atoms with van der Waals surface area (Å²) in [4.78, 5) is 10.9. The van der Waals surface area contributed by atoms with Crippen LogP contribution in [0, 0.1) is 0 Å². The lowest BCUT2D eigenvalue weighted by Crippen LogP contribution is -2.45. The van der Waals surface area contributed by atoms with Crippen molar-refractivity contribution in [1.29, 1.82) is 0 Å². The minimum Gasteiger partial charge on any atom is -0.481 e. The minimum absolute atomic E-state index is 0.118. The maximum atomic E-state index is 10.9. The zero-order chi connectivity index (χ0) is 14.6. The number of aliphatic hydroxyl groups excluding tert-OH is 1. The first-order valence-corrected chi connectivity index (χ1v) is 7.24. The average Bonchev–Trinajstić information content (AvgIpc) is 2.94. The smallest absolute Gasteiger partial charge is 0.310 e. The van der Waals surface area contributed by atoms with E-state index in [0.29, 0.717) is 6.54 Å². The van der Waals surface area contributed by atoms with E-state index in [-0.39, 0.29) is 12.1 Å². The number of hydrogen-bond acceptors (Lipinski definition) is 3. The topological polar surface area (TPSA) is 69.6 Å². The molecular formula is C16H23NO3. The summed E-state index contributed by atoms with van der Waals surface area (Å²) < 4.78 is 0. The third-order valence-electron chi connectivity index (χ3n) is 4.38. The first-order valence-electron chi connectivity index (χ1n) is 7.24. The third kappa shape index (κ3) is 3.38. The first-order chi connectivity index (χ1) is 9.56. The fourth-order valence-electron chi connectivity index (χ4n) is 2.80. The lowest BCUT2D eigenvalue weighted by molar-refractivity contribution is -0.138. The normalized spacial score (nSPS) is 18.9. The number of nitrogens with one attached hydrogen (secondary N) is 1. The predicted molar refractivity (Wildman–Crippen MR) is 77.6 cm³/mol. The van der Waals surface area contributed by atoms with E-state index in [1.807, 2.05) is 24.3 Å². The largest absolute Gasteiger partial charge is 0.481 e. The molecule has 110 valence electrons. The van der Waals surface area contributed by atoms with Gasteiger partial charge in [-0.15, -0.1) is 0 Å². The Labute approximate surface area is 119 Å². The van der Waals surface area contributed by atoms with Crippen molar-refractivity contribution < 1.29 is 15.0 Å². The molecule has 0 bridgehead atoms. The van der Waals surface area contributed by atoms with Crippen molar-refractivity contribution in [2.45, 2.75) is 50.6 Å². The second kappa shape index (κ2) is 6.37. The highest BCUT2D eigenvalue weighted by molar-refractivity contribution is 5.75. The van der Waals surface area contributed by atoms with E-state index in [1.165, 1.54) is 12.8 Å². The summed E-state index contributed by atoms with van der Waals surface area (Å²) in [6.45, 7) is 2.58. The average molecular weight is 277 g/mol. The zero-order valence-electron chi connectivity index (χ0n) is 11.9. The SMILES string of the molecule is CC(C(=O)O)c1ccc(CNC2(CO)CCCC2)cc1. The lowest BCUT2D eigenvalue weighted by Gasteiger charge is -2.28. The van der Waals surface area contributed by atoms with Gasteiger partial charge in [0, 0.05) is 12.1 Å². The number of benzene rings is 1. The van der Waals surface area contributed by atoms with E-state index in [0.717, 1.165) is 24.0 Å². The molecule has 0 radical (unpaired) electrons. The van der Waals surface area contributed by atoms with Crippen molar-refractivity contribution in [3.63, 3.8) is 0 Å². The number of hydrogen-bond donors (Lipinski definition) is 3. The van der Waals surface area contributed by atoms with Crippen molar-refractivity contribution in [3.8, 4) is 0 Å². The maximum absolute atomic E-state index is 10.9. The zero-order valence-corrected chi connectivity index (χ0v) is 11.9. The summed E-state index contributed by atoms with van der Waals surface area (Å²) in [5, 5.41) is 22.0. The van der Waals surface area contributed by atoms with E-state index >= 15 is 0 Å². The van der Waals surface area contributed by atoms with Gasteiger partial charge in [0.25, 0.3) is 0 Å². The molecule has 0 amide bonds. The van der Waals surface area contributed by atoms with Gasteiger partial charge in [-0.3, -0.25) is 4.79 Å². The van der Waals surface area contributed by atoms with E-state index in [4.69, 9.17) is 5.11 Å². The molecule has 1 aliphatic carbocycles. The Hall–Kier alpha value is -1.39. The molecule has 0 spiro atoms. The molecule has 0 aromatic heterocycles. The molecular weight excluding hydrogens is 254 g/mol. The van der Waals surface area contributed by atoms with Gasteiger partial charge in [0.15, 0.2) is 0 Å². The van der Waals surface area contributed by atoms with Gasteiger partial charge in [0.05, 0.1) is 12.5 Å². The summed E-state index contributed by atoms with van der Waals surface area (Å²) in [5.41, 5.74) is 1.82. The highest BCUT2D eigenvalue weighted by Crippen LogP contribution is 2.29. The number of aliphatic hydroxyl groups is 1. The van der Waals surface area contributed by atoms with Crippen LogP contribution in [0.5, 0.6) is 0 Å². The fourth-order valence-corrected chi connectivity index (χ4v) is 2.80. The van der Waals surface area contributed by atoms with Gasteiger partial charge >= 0.3 is 5.97 Å². The summed E-state index contributed by atoms with van der Waals surface area (Å²) in [5.74, 6) is -1.28. The van der Waals surface area contributed by atoms with E-state index in [2.05, 4.69) is 5.32 Å². The number of rotatable bonds is 6. The molecule has 2 rings (SSSR count). The van der Waals surface area contributed by atoms with E-state index < -0.39 is 11.9 Å². The molecule has 1 aromatic rings. The molecule has 1 saturated carbocycles. The number of carboxylic acids is 1. The molecule has 1 unspecified atom stereocenters. The fraction of sp³-hybridized carbons (Fsp3) is 0.562. The Morgan fingerprint density at radius 1 is 1.30 bits per heavy atom. The van der Waals surface area contributed by atoms with Crippen LogP contribution in [-0.2, 0) is 11.3 Å². The van der Waals surface area contributed by atoms with Gasteiger partial charge in [-0.2, -0.15) is 0 Å². The highest BCUT2D eigenvalue weighted by Gasteiger charge is 2.32. The van der Waals surface area contributed by atoms with Crippen molar-refractivity contribution in [1.82, 2.24) is 5.32 Å². The summed E-state index contributed by atoms with van der Waals surface area (Å²) >= 11 is 0. The molecule has 1 fully saturated rings. The van der Waals surface area contributed by atoms with Crippen LogP contribution in [0.15, 0.2) is 24.3 Å². The molecule has 4 heteroatoms.